The van der Waals surface area contributed by atoms with E-state index in [9.17, 15) is 4.79 Å². The largest absolute Gasteiger partial charge is 0.493 e. The van der Waals surface area contributed by atoms with E-state index in [0.717, 1.165) is 38.3 Å². The van der Waals surface area contributed by atoms with Gasteiger partial charge in [0.25, 0.3) is 0 Å². The van der Waals surface area contributed by atoms with Crippen LogP contribution in [0.1, 0.15) is 37.8 Å². The molecule has 1 aromatic carbocycles. The van der Waals surface area contributed by atoms with Crippen LogP contribution in [0, 0.1) is 0 Å². The molecule has 0 radical (unpaired) electrons. The molecule has 2 aliphatic rings. The van der Waals surface area contributed by atoms with Crippen molar-refractivity contribution < 1.29 is 9.53 Å². The first kappa shape index (κ1) is 13.4. The Hall–Kier alpha value is -1.55. The molecular formula is C16H22N2O2. The molecular weight excluding hydrogens is 252 g/mol. The van der Waals surface area contributed by atoms with Gasteiger partial charge in [-0.15, -0.1) is 0 Å². The number of amides is 1. The van der Waals surface area contributed by atoms with E-state index in [1.54, 1.807) is 0 Å². The quantitative estimate of drug-likeness (QED) is 0.914. The third kappa shape index (κ3) is 2.80. The molecule has 4 heteroatoms. The lowest BCUT2D eigenvalue weighted by Gasteiger charge is -2.31. The van der Waals surface area contributed by atoms with Crippen LogP contribution >= 0.6 is 0 Å². The molecule has 1 N–H and O–H groups in total. The SMILES string of the molecule is CC(CN1CCCC1=O)NC1CCOc2ccccc21. The minimum Gasteiger partial charge on any atom is -0.493 e. The van der Waals surface area contributed by atoms with Gasteiger partial charge in [-0.2, -0.15) is 0 Å². The molecule has 0 saturated carbocycles. The monoisotopic (exact) mass is 274 g/mol. The number of nitrogens with one attached hydrogen (secondary N) is 1. The third-order valence-electron chi connectivity index (χ3n) is 4.11. The number of nitrogens with zero attached hydrogens (tertiary/aromatic N) is 1. The van der Waals surface area contributed by atoms with Gasteiger partial charge in [-0.3, -0.25) is 4.79 Å². The van der Waals surface area contributed by atoms with Gasteiger partial charge in [0.05, 0.1) is 6.61 Å². The number of hydrogen-bond donors (Lipinski definition) is 1. The summed E-state index contributed by atoms with van der Waals surface area (Å²) in [6, 6.07) is 8.84. The summed E-state index contributed by atoms with van der Waals surface area (Å²) in [5, 5.41) is 3.65. The van der Waals surface area contributed by atoms with Crippen molar-refractivity contribution in [2.75, 3.05) is 19.7 Å². The lowest BCUT2D eigenvalue weighted by molar-refractivity contribution is -0.128. The maximum atomic E-state index is 11.7. The molecule has 0 bridgehead atoms. The topological polar surface area (TPSA) is 41.6 Å². The van der Waals surface area contributed by atoms with Crippen LogP contribution < -0.4 is 10.1 Å². The van der Waals surface area contributed by atoms with E-state index in [-0.39, 0.29) is 0 Å². The molecule has 3 rings (SSSR count). The zero-order valence-corrected chi connectivity index (χ0v) is 12.0. The summed E-state index contributed by atoms with van der Waals surface area (Å²) in [5.74, 6) is 1.28. The standard InChI is InChI=1S/C16H22N2O2/c1-12(11-18-9-4-7-16(18)19)17-14-8-10-20-15-6-3-2-5-13(14)15/h2-3,5-6,12,14,17H,4,7-11H2,1H3. The van der Waals surface area contributed by atoms with Gasteiger partial charge in [0.15, 0.2) is 0 Å². The molecule has 0 spiro atoms. The third-order valence-corrected chi connectivity index (χ3v) is 4.11. The lowest BCUT2D eigenvalue weighted by atomic mass is 10.00. The first-order valence-electron chi connectivity index (χ1n) is 7.49. The number of carbonyl (C=O) groups excluding carboxylic acids is 1. The molecule has 2 unspecified atom stereocenters. The molecule has 2 aliphatic heterocycles. The van der Waals surface area contributed by atoms with E-state index >= 15 is 0 Å². The van der Waals surface area contributed by atoms with Crippen molar-refractivity contribution in [2.45, 2.75) is 38.3 Å². The van der Waals surface area contributed by atoms with Crippen molar-refractivity contribution in [3.8, 4) is 5.75 Å². The van der Waals surface area contributed by atoms with Crippen LogP contribution in [0.2, 0.25) is 0 Å². The molecule has 1 fully saturated rings. The molecule has 4 nitrogen and oxygen atoms in total. The van der Waals surface area contributed by atoms with E-state index in [4.69, 9.17) is 4.74 Å². The number of rotatable bonds is 4. The summed E-state index contributed by atoms with van der Waals surface area (Å²) in [7, 11) is 0. The average molecular weight is 274 g/mol. The fraction of sp³-hybridized carbons (Fsp3) is 0.562. The Bertz CT molecular complexity index is 489. The lowest BCUT2D eigenvalue weighted by Crippen LogP contribution is -2.42. The number of hydrogen-bond acceptors (Lipinski definition) is 3. The van der Waals surface area contributed by atoms with Gasteiger partial charge in [0.2, 0.25) is 5.91 Å². The van der Waals surface area contributed by atoms with Gasteiger partial charge in [0.1, 0.15) is 5.75 Å². The minimum absolute atomic E-state index is 0.297. The summed E-state index contributed by atoms with van der Waals surface area (Å²) in [5.41, 5.74) is 1.23. The first-order chi connectivity index (χ1) is 9.74. The highest BCUT2D eigenvalue weighted by molar-refractivity contribution is 5.78. The summed E-state index contributed by atoms with van der Waals surface area (Å²) in [6.45, 7) is 4.63. The maximum Gasteiger partial charge on any atom is 0.222 e. The predicted octanol–water partition coefficient (Wildman–Crippen LogP) is 2.11. The van der Waals surface area contributed by atoms with Crippen LogP contribution in [0.5, 0.6) is 5.75 Å². The summed E-state index contributed by atoms with van der Waals surface area (Å²) < 4.78 is 5.68. The van der Waals surface area contributed by atoms with E-state index in [0.29, 0.717) is 24.4 Å². The zero-order valence-electron chi connectivity index (χ0n) is 12.0. The normalized spacial score (nSPS) is 23.4. The smallest absolute Gasteiger partial charge is 0.222 e. The highest BCUT2D eigenvalue weighted by Gasteiger charge is 2.25. The molecule has 108 valence electrons. The second-order valence-electron chi connectivity index (χ2n) is 5.74. The van der Waals surface area contributed by atoms with E-state index in [1.165, 1.54) is 5.56 Å². The van der Waals surface area contributed by atoms with Crippen molar-refractivity contribution in [1.29, 1.82) is 0 Å². The van der Waals surface area contributed by atoms with Gasteiger partial charge in [-0.25, -0.2) is 0 Å². The van der Waals surface area contributed by atoms with E-state index in [1.807, 2.05) is 17.0 Å². The average Bonchev–Trinajstić information content (AvgIpc) is 2.85. The second-order valence-corrected chi connectivity index (χ2v) is 5.74. The number of likely N-dealkylation sites (tertiary alicyclic amines) is 1. The van der Waals surface area contributed by atoms with Crippen molar-refractivity contribution in [3.63, 3.8) is 0 Å². The van der Waals surface area contributed by atoms with Gasteiger partial charge in [-0.1, -0.05) is 18.2 Å². The van der Waals surface area contributed by atoms with Crippen LogP contribution in [0.4, 0.5) is 0 Å². The number of fused-ring (bicyclic) bond motifs is 1. The molecule has 2 heterocycles. The van der Waals surface area contributed by atoms with Crippen molar-refractivity contribution in [2.24, 2.45) is 0 Å². The van der Waals surface area contributed by atoms with Crippen LogP contribution in [-0.2, 0) is 4.79 Å². The highest BCUT2D eigenvalue weighted by atomic mass is 16.5. The Labute approximate surface area is 120 Å². The molecule has 0 aliphatic carbocycles. The Balaban J connectivity index is 1.62. The molecule has 20 heavy (non-hydrogen) atoms. The highest BCUT2D eigenvalue weighted by Crippen LogP contribution is 2.31. The number of para-hydroxylation sites is 1. The maximum absolute atomic E-state index is 11.7. The van der Waals surface area contributed by atoms with Crippen LogP contribution in [-0.4, -0.2) is 36.5 Å². The number of ether oxygens (including phenoxy) is 1. The van der Waals surface area contributed by atoms with Crippen molar-refractivity contribution in [3.05, 3.63) is 29.8 Å². The molecule has 1 amide bonds. The fourth-order valence-corrected chi connectivity index (χ4v) is 3.14. The van der Waals surface area contributed by atoms with Gasteiger partial charge in [0, 0.05) is 43.6 Å². The summed E-state index contributed by atoms with van der Waals surface area (Å²) in [4.78, 5) is 13.7. The summed E-state index contributed by atoms with van der Waals surface area (Å²) in [6.07, 6.45) is 2.70. The predicted molar refractivity (Wildman–Crippen MR) is 77.7 cm³/mol. The first-order valence-corrected chi connectivity index (χ1v) is 7.49. The van der Waals surface area contributed by atoms with Gasteiger partial charge >= 0.3 is 0 Å². The van der Waals surface area contributed by atoms with E-state index in [2.05, 4.69) is 24.4 Å². The Morgan fingerprint density at radius 2 is 2.30 bits per heavy atom. The van der Waals surface area contributed by atoms with Crippen molar-refractivity contribution >= 4 is 5.91 Å². The molecule has 1 aromatic rings. The van der Waals surface area contributed by atoms with Crippen LogP contribution in [0.15, 0.2) is 24.3 Å². The van der Waals surface area contributed by atoms with E-state index < -0.39 is 0 Å². The Kier molecular flexibility index (Phi) is 3.92. The zero-order chi connectivity index (χ0) is 13.9. The second kappa shape index (κ2) is 5.83. The van der Waals surface area contributed by atoms with Crippen molar-refractivity contribution in [1.82, 2.24) is 10.2 Å². The Morgan fingerprint density at radius 1 is 1.45 bits per heavy atom. The minimum atomic E-state index is 0.297. The Morgan fingerprint density at radius 3 is 3.10 bits per heavy atom. The van der Waals surface area contributed by atoms with Crippen LogP contribution in [0.25, 0.3) is 0 Å². The number of benzene rings is 1. The molecule has 1 saturated heterocycles. The fourth-order valence-electron chi connectivity index (χ4n) is 3.14. The molecule has 0 aromatic heterocycles. The van der Waals surface area contributed by atoms with Gasteiger partial charge in [-0.05, 0) is 19.4 Å². The molecule has 2 atom stereocenters. The van der Waals surface area contributed by atoms with Crippen LogP contribution in [0.3, 0.4) is 0 Å². The van der Waals surface area contributed by atoms with Gasteiger partial charge < -0.3 is 15.0 Å². The summed E-state index contributed by atoms with van der Waals surface area (Å²) >= 11 is 0. The number of carbonyl (C=O) groups is 1.